The first kappa shape index (κ1) is 18.3. The van der Waals surface area contributed by atoms with Gasteiger partial charge in [-0.3, -0.25) is 0 Å². The predicted molar refractivity (Wildman–Crippen MR) is 93.8 cm³/mol. The van der Waals surface area contributed by atoms with E-state index in [1.54, 1.807) is 19.1 Å². The normalized spacial score (nSPS) is 11.8. The molecule has 24 heavy (non-hydrogen) atoms. The number of nitrogens with zero attached hydrogens (tertiary/aromatic N) is 1. The first-order chi connectivity index (χ1) is 11.5. The molecular weight excluding hydrogens is 377 g/mol. The van der Waals surface area contributed by atoms with Crippen LogP contribution in [-0.4, -0.2) is 29.2 Å². The lowest BCUT2D eigenvalue weighted by Gasteiger charge is -2.24. The molecule has 0 radical (unpaired) electrons. The summed E-state index contributed by atoms with van der Waals surface area (Å²) in [6.45, 7) is 2.47. The van der Waals surface area contributed by atoms with E-state index in [-0.39, 0.29) is 5.82 Å². The van der Waals surface area contributed by atoms with Crippen molar-refractivity contribution in [2.24, 2.45) is 0 Å². The van der Waals surface area contributed by atoms with Gasteiger partial charge in [-0.25, -0.2) is 9.18 Å². The number of rotatable bonds is 7. The molecule has 0 fully saturated rings. The monoisotopic (exact) mass is 395 g/mol. The average molecular weight is 396 g/mol. The number of carbonyl (C=O) groups is 1. The zero-order chi connectivity index (χ0) is 17.5. The molecule has 1 atom stereocenters. The van der Waals surface area contributed by atoms with Crippen LogP contribution in [0.1, 0.15) is 25.0 Å². The number of hydrogen-bond acceptors (Lipinski definition) is 2. The summed E-state index contributed by atoms with van der Waals surface area (Å²) in [5.41, 5.74) is 0.673. The Morgan fingerprint density at radius 2 is 2.04 bits per heavy atom. The van der Waals surface area contributed by atoms with E-state index in [9.17, 15) is 9.18 Å². The summed E-state index contributed by atoms with van der Waals surface area (Å²) in [5.74, 6) is 0.281. The molecule has 0 aliphatic rings. The van der Waals surface area contributed by atoms with Gasteiger partial charge in [0.25, 0.3) is 0 Å². The van der Waals surface area contributed by atoms with Gasteiger partial charge < -0.3 is 14.7 Å². The highest BCUT2D eigenvalue weighted by Gasteiger charge is 2.18. The highest BCUT2D eigenvalue weighted by Crippen LogP contribution is 2.31. The largest absolute Gasteiger partial charge is 0.484 e. The van der Waals surface area contributed by atoms with E-state index in [0.717, 1.165) is 4.47 Å². The summed E-state index contributed by atoms with van der Waals surface area (Å²) in [5, 5.41) is 9.15. The van der Waals surface area contributed by atoms with E-state index in [0.29, 0.717) is 30.8 Å². The van der Waals surface area contributed by atoms with Crippen molar-refractivity contribution >= 4 is 22.0 Å². The summed E-state index contributed by atoms with van der Waals surface area (Å²) < 4.78 is 20.4. The molecule has 1 amide bonds. The Bertz CT molecular complexity index is 695. The van der Waals surface area contributed by atoms with Crippen LogP contribution in [0.3, 0.4) is 0 Å². The van der Waals surface area contributed by atoms with Crippen LogP contribution in [0.2, 0.25) is 0 Å². The molecule has 1 unspecified atom stereocenters. The highest BCUT2D eigenvalue weighted by molar-refractivity contribution is 9.10. The lowest BCUT2D eigenvalue weighted by Crippen LogP contribution is -2.31. The van der Waals surface area contributed by atoms with Gasteiger partial charge in [-0.2, -0.15) is 0 Å². The fraction of sp³-hybridized carbons (Fsp3) is 0.278. The van der Waals surface area contributed by atoms with Crippen molar-refractivity contribution in [1.82, 2.24) is 4.90 Å². The first-order valence-electron chi connectivity index (χ1n) is 7.65. The van der Waals surface area contributed by atoms with Gasteiger partial charge in [0.1, 0.15) is 17.7 Å². The molecule has 1 N–H and O–H groups in total. The molecule has 4 nitrogen and oxygen atoms in total. The van der Waals surface area contributed by atoms with E-state index in [2.05, 4.69) is 15.9 Å². The topological polar surface area (TPSA) is 49.8 Å². The van der Waals surface area contributed by atoms with Gasteiger partial charge in [-0.1, -0.05) is 24.3 Å². The molecule has 128 valence electrons. The van der Waals surface area contributed by atoms with E-state index < -0.39 is 12.2 Å². The fourth-order valence-corrected chi connectivity index (χ4v) is 2.73. The fourth-order valence-electron chi connectivity index (χ4n) is 2.36. The van der Waals surface area contributed by atoms with Gasteiger partial charge in [-0.05, 0) is 52.7 Å². The second kappa shape index (κ2) is 8.68. The average Bonchev–Trinajstić information content (AvgIpc) is 2.55. The van der Waals surface area contributed by atoms with Crippen LogP contribution in [0.5, 0.6) is 5.75 Å². The molecule has 2 aromatic rings. The van der Waals surface area contributed by atoms with Crippen LogP contribution in [0, 0.1) is 5.82 Å². The van der Waals surface area contributed by atoms with Crippen LogP contribution in [0.15, 0.2) is 53.0 Å². The number of halogens is 2. The van der Waals surface area contributed by atoms with Crippen LogP contribution in [0.4, 0.5) is 9.18 Å². The van der Waals surface area contributed by atoms with Crippen molar-refractivity contribution in [1.29, 1.82) is 0 Å². The number of hydrogen-bond donors (Lipinski definition) is 1. The zero-order valence-corrected chi connectivity index (χ0v) is 14.9. The summed E-state index contributed by atoms with van der Waals surface area (Å²) >= 11 is 3.43. The molecule has 0 aromatic heterocycles. The molecule has 2 rings (SSSR count). The number of benzene rings is 2. The molecule has 0 spiro atoms. The maximum atomic E-state index is 13.6. The smallest absolute Gasteiger partial charge is 0.407 e. The zero-order valence-electron chi connectivity index (χ0n) is 13.3. The molecule has 2 aromatic carbocycles. The van der Waals surface area contributed by atoms with Gasteiger partial charge in [0.05, 0.1) is 4.47 Å². The van der Waals surface area contributed by atoms with E-state index in [1.807, 2.05) is 24.3 Å². The maximum Gasteiger partial charge on any atom is 0.407 e. The molecular formula is C18H19BrFNO3. The second-order valence-electron chi connectivity index (χ2n) is 5.24. The Morgan fingerprint density at radius 1 is 1.29 bits per heavy atom. The molecule has 0 bridgehead atoms. The highest BCUT2D eigenvalue weighted by atomic mass is 79.9. The van der Waals surface area contributed by atoms with Crippen LogP contribution < -0.4 is 4.74 Å². The second-order valence-corrected chi connectivity index (χ2v) is 6.10. The van der Waals surface area contributed by atoms with Gasteiger partial charge >= 0.3 is 6.09 Å². The van der Waals surface area contributed by atoms with Crippen LogP contribution >= 0.6 is 15.9 Å². The van der Waals surface area contributed by atoms with E-state index in [4.69, 9.17) is 9.84 Å². The number of ether oxygens (including phenoxy) is 1. The third kappa shape index (κ3) is 4.96. The molecule has 0 aliphatic heterocycles. The quantitative estimate of drug-likeness (QED) is 0.709. The molecule has 0 aliphatic carbocycles. The van der Waals surface area contributed by atoms with Gasteiger partial charge in [0, 0.05) is 19.5 Å². The van der Waals surface area contributed by atoms with Crippen LogP contribution in [0.25, 0.3) is 0 Å². The van der Waals surface area contributed by atoms with Crippen molar-refractivity contribution in [3.63, 3.8) is 0 Å². The molecule has 0 saturated heterocycles. The Hall–Kier alpha value is -2.08. The molecule has 0 saturated carbocycles. The van der Waals surface area contributed by atoms with E-state index >= 15 is 0 Å². The lowest BCUT2D eigenvalue weighted by molar-refractivity contribution is 0.131. The molecule has 6 heteroatoms. The predicted octanol–water partition coefficient (Wildman–Crippen LogP) is 5.10. The third-order valence-corrected chi connectivity index (χ3v) is 4.29. The molecule has 0 heterocycles. The Kier molecular flexibility index (Phi) is 6.61. The van der Waals surface area contributed by atoms with Crippen molar-refractivity contribution in [2.75, 3.05) is 13.1 Å². The van der Waals surface area contributed by atoms with E-state index in [1.165, 1.54) is 17.0 Å². The maximum absolute atomic E-state index is 13.6. The minimum Gasteiger partial charge on any atom is -0.484 e. The van der Waals surface area contributed by atoms with Gasteiger partial charge in [-0.15, -0.1) is 0 Å². The Labute approximate surface area is 149 Å². The minimum absolute atomic E-state index is 0.303. The van der Waals surface area contributed by atoms with Crippen molar-refractivity contribution in [3.05, 3.63) is 64.4 Å². The SMILES string of the molecule is CCN(CCC(Oc1ccccc1Br)c1cccc(F)c1)C(=O)O. The van der Waals surface area contributed by atoms with Crippen LogP contribution in [-0.2, 0) is 0 Å². The Morgan fingerprint density at radius 3 is 2.67 bits per heavy atom. The van der Waals surface area contributed by atoms with Crippen molar-refractivity contribution < 1.29 is 19.0 Å². The van der Waals surface area contributed by atoms with Crippen molar-refractivity contribution in [3.8, 4) is 5.75 Å². The summed E-state index contributed by atoms with van der Waals surface area (Å²) in [6.07, 6.45) is -1.01. The standard InChI is InChI=1S/C18H19BrFNO3/c1-2-21(18(22)23)11-10-16(13-6-5-7-14(20)12-13)24-17-9-4-3-8-15(17)19/h3-9,12,16H,2,10-11H2,1H3,(H,22,23). The number of para-hydroxylation sites is 1. The first-order valence-corrected chi connectivity index (χ1v) is 8.45. The summed E-state index contributed by atoms with van der Waals surface area (Å²) in [7, 11) is 0. The summed E-state index contributed by atoms with van der Waals surface area (Å²) in [6, 6.07) is 13.6. The van der Waals surface area contributed by atoms with Gasteiger partial charge in [0.2, 0.25) is 0 Å². The van der Waals surface area contributed by atoms with Crippen molar-refractivity contribution in [2.45, 2.75) is 19.4 Å². The Balaban J connectivity index is 2.21. The lowest BCUT2D eigenvalue weighted by atomic mass is 10.1. The summed E-state index contributed by atoms with van der Waals surface area (Å²) in [4.78, 5) is 12.5. The number of amides is 1. The minimum atomic E-state index is -0.976. The van der Waals surface area contributed by atoms with Gasteiger partial charge in [0.15, 0.2) is 0 Å². The third-order valence-electron chi connectivity index (χ3n) is 3.64. The number of carboxylic acid groups (broad SMARTS) is 1.